The Morgan fingerprint density at radius 2 is 2.47 bits per heavy atom. The summed E-state index contributed by atoms with van der Waals surface area (Å²) in [7, 11) is 2.21. The third-order valence-electron chi connectivity index (χ3n) is 3.40. The number of hydrogen-bond acceptors (Lipinski definition) is 4. The summed E-state index contributed by atoms with van der Waals surface area (Å²) in [5.41, 5.74) is 0. The van der Waals surface area contributed by atoms with Gasteiger partial charge in [0.05, 0.1) is 6.04 Å². The molecule has 0 saturated carbocycles. The second-order valence-corrected chi connectivity index (χ2v) is 6.15. The van der Waals surface area contributed by atoms with E-state index in [0.717, 1.165) is 13.0 Å². The molecular weight excluding hydrogens is 230 g/mol. The summed E-state index contributed by atoms with van der Waals surface area (Å²) in [5.74, 6) is 0. The minimum atomic E-state index is 0.386. The smallest absolute Gasteiger partial charge is 0.109 e. The first-order valence-corrected chi connectivity index (χ1v) is 7.40. The van der Waals surface area contributed by atoms with Crippen molar-refractivity contribution in [1.82, 2.24) is 15.2 Å². The van der Waals surface area contributed by atoms with Gasteiger partial charge in [-0.3, -0.25) is 0 Å². The number of aromatic nitrogens is 1. The van der Waals surface area contributed by atoms with Gasteiger partial charge in [-0.2, -0.15) is 0 Å². The summed E-state index contributed by atoms with van der Waals surface area (Å²) < 4.78 is 0. The molecule has 1 fully saturated rings. The molecule has 0 amide bonds. The molecule has 2 rings (SSSR count). The van der Waals surface area contributed by atoms with Gasteiger partial charge >= 0.3 is 0 Å². The van der Waals surface area contributed by atoms with E-state index in [1.165, 1.54) is 29.3 Å². The first-order chi connectivity index (χ1) is 8.19. The van der Waals surface area contributed by atoms with Gasteiger partial charge in [0.15, 0.2) is 0 Å². The molecule has 17 heavy (non-hydrogen) atoms. The summed E-state index contributed by atoms with van der Waals surface area (Å²) in [5, 5.41) is 4.94. The lowest BCUT2D eigenvalue weighted by Crippen LogP contribution is -2.44. The lowest BCUT2D eigenvalue weighted by Gasteiger charge is -2.31. The Balaban J connectivity index is 1.89. The molecule has 1 N–H and O–H groups in total. The summed E-state index contributed by atoms with van der Waals surface area (Å²) in [6.07, 6.45) is 5.71. The quantitative estimate of drug-likeness (QED) is 0.893. The zero-order chi connectivity index (χ0) is 12.3. The largest absolute Gasteiger partial charge is 0.305 e. The molecule has 2 atom stereocenters. The van der Waals surface area contributed by atoms with Gasteiger partial charge in [0.25, 0.3) is 0 Å². The zero-order valence-corrected chi connectivity index (χ0v) is 11.9. The number of likely N-dealkylation sites (N-methyl/N-ethyl adjacent to an activating group) is 1. The van der Waals surface area contributed by atoms with Crippen molar-refractivity contribution >= 4 is 11.3 Å². The molecule has 2 unspecified atom stereocenters. The molecule has 0 radical (unpaired) electrons. The highest BCUT2D eigenvalue weighted by molar-refractivity contribution is 7.11. The van der Waals surface area contributed by atoms with E-state index >= 15 is 0 Å². The van der Waals surface area contributed by atoms with Crippen LogP contribution in [0.15, 0.2) is 6.20 Å². The molecule has 0 spiro atoms. The monoisotopic (exact) mass is 253 g/mol. The maximum atomic E-state index is 4.51. The zero-order valence-electron chi connectivity index (χ0n) is 11.1. The van der Waals surface area contributed by atoms with Crippen LogP contribution in [-0.2, 0) is 6.42 Å². The van der Waals surface area contributed by atoms with E-state index in [1.807, 2.05) is 17.5 Å². The van der Waals surface area contributed by atoms with Crippen LogP contribution in [0.4, 0.5) is 0 Å². The first-order valence-electron chi connectivity index (χ1n) is 6.58. The fourth-order valence-electron chi connectivity index (χ4n) is 2.41. The third kappa shape index (κ3) is 3.50. The van der Waals surface area contributed by atoms with Crippen LogP contribution in [-0.4, -0.2) is 36.1 Å². The van der Waals surface area contributed by atoms with Crippen LogP contribution in [0.5, 0.6) is 0 Å². The van der Waals surface area contributed by atoms with E-state index in [4.69, 9.17) is 0 Å². The van der Waals surface area contributed by atoms with E-state index in [-0.39, 0.29) is 0 Å². The average Bonchev–Trinajstić information content (AvgIpc) is 2.77. The number of piperidine rings is 1. The van der Waals surface area contributed by atoms with Crippen molar-refractivity contribution in [2.24, 2.45) is 0 Å². The summed E-state index contributed by atoms with van der Waals surface area (Å²) in [6.45, 7) is 6.82. The van der Waals surface area contributed by atoms with Gasteiger partial charge in [-0.25, -0.2) is 4.98 Å². The van der Waals surface area contributed by atoms with Crippen LogP contribution in [0.1, 0.15) is 42.6 Å². The Morgan fingerprint density at radius 3 is 3.12 bits per heavy atom. The maximum Gasteiger partial charge on any atom is 0.109 e. The minimum Gasteiger partial charge on any atom is -0.305 e. The molecule has 2 heterocycles. The number of aryl methyl sites for hydroxylation is 1. The lowest BCUT2D eigenvalue weighted by molar-refractivity contribution is 0.218. The molecule has 0 bridgehead atoms. The molecule has 1 aromatic heterocycles. The van der Waals surface area contributed by atoms with Crippen molar-refractivity contribution in [2.45, 2.75) is 45.2 Å². The summed E-state index contributed by atoms with van der Waals surface area (Å²) >= 11 is 1.84. The molecular formula is C13H23N3S. The van der Waals surface area contributed by atoms with Gasteiger partial charge in [-0.1, -0.05) is 6.92 Å². The van der Waals surface area contributed by atoms with E-state index < -0.39 is 0 Å². The van der Waals surface area contributed by atoms with Crippen molar-refractivity contribution in [3.63, 3.8) is 0 Å². The van der Waals surface area contributed by atoms with E-state index in [1.54, 1.807) is 0 Å². The van der Waals surface area contributed by atoms with Gasteiger partial charge in [-0.15, -0.1) is 11.3 Å². The Kier molecular flexibility index (Phi) is 4.54. The van der Waals surface area contributed by atoms with Gasteiger partial charge < -0.3 is 10.2 Å². The molecule has 96 valence electrons. The summed E-state index contributed by atoms with van der Waals surface area (Å²) in [4.78, 5) is 8.31. The number of likely N-dealkylation sites (tertiary alicyclic amines) is 1. The van der Waals surface area contributed by atoms with Crippen molar-refractivity contribution in [2.75, 3.05) is 20.1 Å². The van der Waals surface area contributed by atoms with Crippen LogP contribution >= 0.6 is 11.3 Å². The predicted octanol–water partition coefficient (Wildman–Crippen LogP) is 2.45. The van der Waals surface area contributed by atoms with Crippen LogP contribution in [0.2, 0.25) is 0 Å². The van der Waals surface area contributed by atoms with Crippen molar-refractivity contribution in [3.8, 4) is 0 Å². The van der Waals surface area contributed by atoms with Gasteiger partial charge in [0, 0.05) is 23.7 Å². The van der Waals surface area contributed by atoms with Crippen LogP contribution in [0.3, 0.4) is 0 Å². The van der Waals surface area contributed by atoms with Crippen LogP contribution in [0, 0.1) is 0 Å². The molecule has 4 heteroatoms. The van der Waals surface area contributed by atoms with Gasteiger partial charge in [0.2, 0.25) is 0 Å². The number of hydrogen-bond donors (Lipinski definition) is 1. The Hall–Kier alpha value is -0.450. The fraction of sp³-hybridized carbons (Fsp3) is 0.769. The van der Waals surface area contributed by atoms with Crippen LogP contribution in [0.25, 0.3) is 0 Å². The standard InChI is InChI=1S/C13H23N3S/c1-4-12-8-14-13(17-12)10(2)15-11-6-5-7-16(3)9-11/h8,10-11,15H,4-7,9H2,1-3H3. The highest BCUT2D eigenvalue weighted by Crippen LogP contribution is 2.21. The first kappa shape index (κ1) is 13.0. The highest BCUT2D eigenvalue weighted by atomic mass is 32.1. The van der Waals surface area contributed by atoms with E-state index in [2.05, 4.69) is 36.1 Å². The van der Waals surface area contributed by atoms with E-state index in [9.17, 15) is 0 Å². The maximum absolute atomic E-state index is 4.51. The topological polar surface area (TPSA) is 28.2 Å². The molecule has 1 aliphatic rings. The molecule has 1 aliphatic heterocycles. The Labute approximate surface area is 108 Å². The Bertz CT molecular complexity index is 350. The molecule has 1 saturated heterocycles. The second-order valence-electron chi connectivity index (χ2n) is 5.01. The van der Waals surface area contributed by atoms with E-state index in [0.29, 0.717) is 12.1 Å². The second kappa shape index (κ2) is 5.94. The molecule has 1 aromatic rings. The summed E-state index contributed by atoms with van der Waals surface area (Å²) in [6, 6.07) is 1.01. The lowest BCUT2D eigenvalue weighted by atomic mass is 10.1. The molecule has 0 aliphatic carbocycles. The molecule has 0 aromatic carbocycles. The third-order valence-corrected chi connectivity index (χ3v) is 4.72. The SMILES string of the molecule is CCc1cnc(C(C)NC2CCCN(C)C2)s1. The number of thiazole rings is 1. The van der Waals surface area contributed by atoms with Crippen molar-refractivity contribution in [1.29, 1.82) is 0 Å². The Morgan fingerprint density at radius 1 is 1.65 bits per heavy atom. The predicted molar refractivity (Wildman–Crippen MR) is 73.6 cm³/mol. The number of rotatable bonds is 4. The van der Waals surface area contributed by atoms with Crippen LogP contribution < -0.4 is 5.32 Å². The fourth-order valence-corrected chi connectivity index (χ4v) is 3.28. The van der Waals surface area contributed by atoms with Gasteiger partial charge in [-0.05, 0) is 39.8 Å². The molecule has 3 nitrogen and oxygen atoms in total. The van der Waals surface area contributed by atoms with Crippen molar-refractivity contribution < 1.29 is 0 Å². The van der Waals surface area contributed by atoms with Gasteiger partial charge in [0.1, 0.15) is 5.01 Å². The number of nitrogens with zero attached hydrogens (tertiary/aromatic N) is 2. The number of nitrogens with one attached hydrogen (secondary N) is 1. The minimum absolute atomic E-state index is 0.386. The van der Waals surface area contributed by atoms with Crippen molar-refractivity contribution in [3.05, 3.63) is 16.1 Å². The average molecular weight is 253 g/mol. The highest BCUT2D eigenvalue weighted by Gasteiger charge is 2.20. The normalized spacial score (nSPS) is 23.8.